The van der Waals surface area contributed by atoms with Crippen LogP contribution < -0.4 is 5.32 Å². The summed E-state index contributed by atoms with van der Waals surface area (Å²) in [6.45, 7) is 7.48. The van der Waals surface area contributed by atoms with Gasteiger partial charge >= 0.3 is 0 Å². The van der Waals surface area contributed by atoms with Crippen LogP contribution in [0.15, 0.2) is 42.6 Å². The van der Waals surface area contributed by atoms with E-state index in [4.69, 9.17) is 0 Å². The zero-order chi connectivity index (χ0) is 14.4. The van der Waals surface area contributed by atoms with Crippen molar-refractivity contribution in [1.82, 2.24) is 10.3 Å². The molecule has 1 atom stereocenters. The fourth-order valence-electron chi connectivity index (χ4n) is 2.75. The van der Waals surface area contributed by atoms with Crippen LogP contribution in [0.25, 0.3) is 0 Å². The largest absolute Gasteiger partial charge is 0.314 e. The van der Waals surface area contributed by atoms with E-state index < -0.39 is 0 Å². The predicted molar refractivity (Wildman–Crippen MR) is 85.0 cm³/mol. The second kappa shape index (κ2) is 7.20. The Morgan fingerprint density at radius 3 is 2.40 bits per heavy atom. The van der Waals surface area contributed by atoms with Crippen LogP contribution in [0.4, 0.5) is 0 Å². The summed E-state index contributed by atoms with van der Waals surface area (Å²) in [7, 11) is 0. The van der Waals surface area contributed by atoms with Crippen LogP contribution in [-0.2, 0) is 12.8 Å². The lowest BCUT2D eigenvalue weighted by Crippen LogP contribution is -2.33. The first-order valence-electron chi connectivity index (χ1n) is 7.38. The predicted octanol–water partition coefficient (Wildman–Crippen LogP) is 3.46. The van der Waals surface area contributed by atoms with E-state index >= 15 is 0 Å². The first-order chi connectivity index (χ1) is 9.67. The van der Waals surface area contributed by atoms with Gasteiger partial charge in [0, 0.05) is 24.4 Å². The van der Waals surface area contributed by atoms with Gasteiger partial charge in [0.15, 0.2) is 0 Å². The number of likely N-dealkylation sites (N-methyl/N-ethyl adjacent to an activating group) is 1. The molecule has 1 N–H and O–H groups in total. The Morgan fingerprint density at radius 2 is 1.80 bits per heavy atom. The molecule has 0 radical (unpaired) electrons. The number of pyridine rings is 1. The van der Waals surface area contributed by atoms with Gasteiger partial charge in [-0.1, -0.05) is 42.3 Å². The average molecular weight is 268 g/mol. The minimum Gasteiger partial charge on any atom is -0.314 e. The first-order valence-corrected chi connectivity index (χ1v) is 7.38. The molecule has 0 bridgehead atoms. The van der Waals surface area contributed by atoms with Crippen LogP contribution in [-0.4, -0.2) is 17.6 Å². The Balaban J connectivity index is 2.08. The van der Waals surface area contributed by atoms with Crippen molar-refractivity contribution in [3.63, 3.8) is 0 Å². The van der Waals surface area contributed by atoms with Gasteiger partial charge in [0.05, 0.1) is 0 Å². The monoisotopic (exact) mass is 268 g/mol. The third-order valence-electron chi connectivity index (χ3n) is 3.44. The van der Waals surface area contributed by atoms with Gasteiger partial charge in [-0.25, -0.2) is 0 Å². The maximum Gasteiger partial charge on any atom is 0.0419 e. The molecule has 0 amide bonds. The summed E-state index contributed by atoms with van der Waals surface area (Å²) in [6.07, 6.45) is 3.89. The molecule has 1 aromatic heterocycles. The van der Waals surface area contributed by atoms with Crippen molar-refractivity contribution < 1.29 is 0 Å². The highest BCUT2D eigenvalue weighted by Gasteiger charge is 2.10. The summed E-state index contributed by atoms with van der Waals surface area (Å²) in [5, 5.41) is 3.58. The number of hydrogen-bond acceptors (Lipinski definition) is 2. The normalized spacial score (nSPS) is 12.3. The highest BCUT2D eigenvalue weighted by molar-refractivity contribution is 5.29. The van der Waals surface area contributed by atoms with E-state index in [9.17, 15) is 0 Å². The Labute approximate surface area is 122 Å². The molecule has 106 valence electrons. The van der Waals surface area contributed by atoms with Crippen LogP contribution in [0.1, 0.15) is 29.3 Å². The molecule has 1 heterocycles. The van der Waals surface area contributed by atoms with Crippen molar-refractivity contribution in [1.29, 1.82) is 0 Å². The van der Waals surface area contributed by atoms with E-state index in [2.05, 4.69) is 61.4 Å². The van der Waals surface area contributed by atoms with Crippen LogP contribution in [0, 0.1) is 13.8 Å². The third kappa shape index (κ3) is 4.46. The van der Waals surface area contributed by atoms with Crippen LogP contribution in [0.3, 0.4) is 0 Å². The fourth-order valence-corrected chi connectivity index (χ4v) is 2.75. The maximum absolute atomic E-state index is 4.44. The smallest absolute Gasteiger partial charge is 0.0419 e. The van der Waals surface area contributed by atoms with E-state index in [0.717, 1.165) is 25.1 Å². The molecule has 0 aliphatic heterocycles. The lowest BCUT2D eigenvalue weighted by Gasteiger charge is -2.18. The Hall–Kier alpha value is -1.67. The summed E-state index contributed by atoms with van der Waals surface area (Å²) < 4.78 is 0. The highest BCUT2D eigenvalue weighted by atomic mass is 14.9. The number of rotatable bonds is 6. The molecular weight excluding hydrogens is 244 g/mol. The molecule has 20 heavy (non-hydrogen) atoms. The van der Waals surface area contributed by atoms with Gasteiger partial charge in [0.1, 0.15) is 0 Å². The van der Waals surface area contributed by atoms with Crippen molar-refractivity contribution in [3.05, 3.63) is 65.0 Å². The van der Waals surface area contributed by atoms with E-state index in [1.165, 1.54) is 16.7 Å². The summed E-state index contributed by atoms with van der Waals surface area (Å²) in [5.74, 6) is 0. The lowest BCUT2D eigenvalue weighted by molar-refractivity contribution is 0.516. The number of aromatic nitrogens is 1. The standard InChI is InChI=1S/C18H24N2/c1-4-19-18(13-17-7-5-6-8-20-17)12-16-10-14(2)9-15(3)11-16/h5-11,18-19H,4,12-13H2,1-3H3. The second-order valence-electron chi connectivity index (χ2n) is 5.48. The Kier molecular flexibility index (Phi) is 5.31. The Bertz CT molecular complexity index is 514. The number of aryl methyl sites for hydroxylation is 2. The van der Waals surface area contributed by atoms with E-state index in [1.807, 2.05) is 12.3 Å². The van der Waals surface area contributed by atoms with Crippen LogP contribution >= 0.6 is 0 Å². The molecular formula is C18H24N2. The maximum atomic E-state index is 4.44. The topological polar surface area (TPSA) is 24.9 Å². The van der Waals surface area contributed by atoms with Gasteiger partial charge in [-0.2, -0.15) is 0 Å². The van der Waals surface area contributed by atoms with E-state index in [1.54, 1.807) is 0 Å². The molecule has 0 aliphatic carbocycles. The molecule has 0 spiro atoms. The van der Waals surface area contributed by atoms with Gasteiger partial charge < -0.3 is 5.32 Å². The van der Waals surface area contributed by atoms with Crippen LogP contribution in [0.2, 0.25) is 0 Å². The summed E-state index contributed by atoms with van der Waals surface area (Å²) in [6, 6.07) is 13.4. The molecule has 1 unspecified atom stereocenters. The number of benzene rings is 1. The molecule has 0 fully saturated rings. The molecule has 2 heteroatoms. The number of nitrogens with zero attached hydrogens (tertiary/aromatic N) is 1. The molecule has 2 rings (SSSR count). The van der Waals surface area contributed by atoms with Crippen molar-refractivity contribution >= 4 is 0 Å². The summed E-state index contributed by atoms with van der Waals surface area (Å²) in [4.78, 5) is 4.44. The number of nitrogens with one attached hydrogen (secondary N) is 1. The molecule has 2 aromatic rings. The van der Waals surface area contributed by atoms with Crippen molar-refractivity contribution in [2.75, 3.05) is 6.54 Å². The minimum atomic E-state index is 0.441. The minimum absolute atomic E-state index is 0.441. The van der Waals surface area contributed by atoms with Gasteiger partial charge in [0.2, 0.25) is 0 Å². The molecule has 0 aliphatic rings. The molecule has 0 saturated heterocycles. The van der Waals surface area contributed by atoms with Crippen LogP contribution in [0.5, 0.6) is 0 Å². The van der Waals surface area contributed by atoms with Gasteiger partial charge in [-0.3, -0.25) is 4.98 Å². The zero-order valence-corrected chi connectivity index (χ0v) is 12.7. The summed E-state index contributed by atoms with van der Waals surface area (Å²) >= 11 is 0. The quantitative estimate of drug-likeness (QED) is 0.868. The fraction of sp³-hybridized carbons (Fsp3) is 0.389. The SMILES string of the molecule is CCNC(Cc1cc(C)cc(C)c1)Cc1ccccn1. The average Bonchev–Trinajstić information content (AvgIpc) is 2.39. The van der Waals surface area contributed by atoms with Crippen molar-refractivity contribution in [2.24, 2.45) is 0 Å². The highest BCUT2D eigenvalue weighted by Crippen LogP contribution is 2.12. The van der Waals surface area contributed by atoms with Gasteiger partial charge in [0.25, 0.3) is 0 Å². The first kappa shape index (κ1) is 14.7. The van der Waals surface area contributed by atoms with Gasteiger partial charge in [-0.05, 0) is 44.5 Å². The third-order valence-corrected chi connectivity index (χ3v) is 3.44. The van der Waals surface area contributed by atoms with Crippen molar-refractivity contribution in [3.8, 4) is 0 Å². The summed E-state index contributed by atoms with van der Waals surface area (Å²) in [5.41, 5.74) is 5.24. The lowest BCUT2D eigenvalue weighted by atomic mass is 9.98. The van der Waals surface area contributed by atoms with E-state index in [-0.39, 0.29) is 0 Å². The zero-order valence-electron chi connectivity index (χ0n) is 12.7. The van der Waals surface area contributed by atoms with Crippen molar-refractivity contribution in [2.45, 2.75) is 39.7 Å². The molecule has 2 nitrogen and oxygen atoms in total. The molecule has 1 aromatic carbocycles. The van der Waals surface area contributed by atoms with Gasteiger partial charge in [-0.15, -0.1) is 0 Å². The number of hydrogen-bond donors (Lipinski definition) is 1. The Morgan fingerprint density at radius 1 is 1.05 bits per heavy atom. The second-order valence-corrected chi connectivity index (χ2v) is 5.48. The molecule has 0 saturated carbocycles. The van der Waals surface area contributed by atoms with E-state index in [0.29, 0.717) is 6.04 Å².